The maximum atomic E-state index is 11.0. The van der Waals surface area contributed by atoms with Crippen molar-refractivity contribution >= 4 is 27.3 Å². The van der Waals surface area contributed by atoms with Gasteiger partial charge in [-0.1, -0.05) is 0 Å². The Balaban J connectivity index is 2.15. The predicted molar refractivity (Wildman–Crippen MR) is 76.7 cm³/mol. The molecule has 8 heteroatoms. The van der Waals surface area contributed by atoms with Crippen LogP contribution in [0, 0.1) is 15.5 Å². The zero-order chi connectivity index (χ0) is 14.6. The van der Waals surface area contributed by atoms with E-state index in [0.717, 1.165) is 6.42 Å². The summed E-state index contributed by atoms with van der Waals surface area (Å²) < 4.78 is 5.95. The number of ether oxygens (including phenoxy) is 1. The molecule has 1 atom stereocenters. The average molecular weight is 346 g/mol. The number of aliphatic hydroxyl groups excluding tert-OH is 1. The van der Waals surface area contributed by atoms with Gasteiger partial charge < -0.3 is 15.2 Å². The van der Waals surface area contributed by atoms with E-state index in [4.69, 9.17) is 4.74 Å². The molecule has 0 aromatic carbocycles. The number of nitrogens with one attached hydrogen (secondary N) is 1. The van der Waals surface area contributed by atoms with Crippen LogP contribution in [0.25, 0.3) is 0 Å². The number of nitro groups is 1. The first kappa shape index (κ1) is 15.1. The van der Waals surface area contributed by atoms with E-state index in [0.29, 0.717) is 36.3 Å². The normalized spacial score (nSPS) is 21.9. The van der Waals surface area contributed by atoms with Crippen molar-refractivity contribution in [3.63, 3.8) is 0 Å². The van der Waals surface area contributed by atoms with Gasteiger partial charge in [-0.3, -0.25) is 15.1 Å². The molecule has 0 radical (unpaired) electrons. The molecule has 0 amide bonds. The third-order valence-corrected chi connectivity index (χ3v) is 4.14. The van der Waals surface area contributed by atoms with Crippen LogP contribution in [0.1, 0.15) is 12.8 Å². The molecule has 0 saturated carbocycles. The highest BCUT2D eigenvalue weighted by Gasteiger charge is 2.35. The molecule has 0 spiro atoms. The molecule has 2 heterocycles. The van der Waals surface area contributed by atoms with Gasteiger partial charge >= 0.3 is 5.69 Å². The summed E-state index contributed by atoms with van der Waals surface area (Å²) in [5.41, 5.74) is 0.164. The van der Waals surface area contributed by atoms with Crippen LogP contribution in [0.2, 0.25) is 0 Å². The Bertz CT molecular complexity index is 492. The van der Waals surface area contributed by atoms with E-state index in [1.807, 2.05) is 0 Å². The number of aliphatic hydroxyl groups is 1. The van der Waals surface area contributed by atoms with E-state index in [1.165, 1.54) is 12.4 Å². The number of rotatable bonds is 6. The molecule has 1 saturated heterocycles. The van der Waals surface area contributed by atoms with Crippen molar-refractivity contribution in [2.24, 2.45) is 5.41 Å². The molecule has 20 heavy (non-hydrogen) atoms. The van der Waals surface area contributed by atoms with Crippen molar-refractivity contribution in [1.82, 2.24) is 4.98 Å². The molecule has 1 aromatic heterocycles. The third-order valence-electron chi connectivity index (χ3n) is 3.54. The Morgan fingerprint density at radius 2 is 2.40 bits per heavy atom. The van der Waals surface area contributed by atoms with E-state index < -0.39 is 4.92 Å². The highest BCUT2D eigenvalue weighted by molar-refractivity contribution is 9.10. The van der Waals surface area contributed by atoms with E-state index in [-0.39, 0.29) is 17.7 Å². The zero-order valence-electron chi connectivity index (χ0n) is 10.8. The van der Waals surface area contributed by atoms with Crippen molar-refractivity contribution in [2.45, 2.75) is 12.8 Å². The summed E-state index contributed by atoms with van der Waals surface area (Å²) in [6.07, 6.45) is 4.17. The Kier molecular flexibility index (Phi) is 4.90. The van der Waals surface area contributed by atoms with Crippen LogP contribution < -0.4 is 5.32 Å². The van der Waals surface area contributed by atoms with Crippen LogP contribution in [0.5, 0.6) is 0 Å². The lowest BCUT2D eigenvalue weighted by atomic mass is 9.84. The number of pyridine rings is 1. The monoisotopic (exact) mass is 345 g/mol. The van der Waals surface area contributed by atoms with Gasteiger partial charge in [0.2, 0.25) is 0 Å². The first-order valence-electron chi connectivity index (χ1n) is 6.28. The van der Waals surface area contributed by atoms with Gasteiger partial charge in [-0.15, -0.1) is 0 Å². The largest absolute Gasteiger partial charge is 0.396 e. The lowest BCUT2D eigenvalue weighted by Gasteiger charge is -2.27. The summed E-state index contributed by atoms with van der Waals surface area (Å²) in [5.74, 6) is 0. The number of hydrogen-bond donors (Lipinski definition) is 2. The standard InChI is InChI=1S/C12H16BrN3O4/c13-9-5-14-6-10(16(18)19)11(9)15-7-12(1-3-17)2-4-20-8-12/h5-6,17H,1-4,7-8H2,(H,14,15). The molecular formula is C12H16BrN3O4. The fourth-order valence-corrected chi connectivity index (χ4v) is 2.79. The van der Waals surface area contributed by atoms with Gasteiger partial charge in [-0.25, -0.2) is 0 Å². The van der Waals surface area contributed by atoms with Gasteiger partial charge in [0.25, 0.3) is 0 Å². The van der Waals surface area contributed by atoms with Crippen LogP contribution in [-0.2, 0) is 4.74 Å². The molecule has 2 rings (SSSR count). The SMILES string of the molecule is O=[N+]([O-])c1cncc(Br)c1NCC1(CCO)CCOC1. The molecule has 1 aliphatic rings. The Morgan fingerprint density at radius 1 is 1.60 bits per heavy atom. The number of halogens is 1. The Hall–Kier alpha value is -1.25. The fraction of sp³-hybridized carbons (Fsp3) is 0.583. The molecule has 1 unspecified atom stereocenters. The van der Waals surface area contributed by atoms with Crippen molar-refractivity contribution in [3.05, 3.63) is 27.0 Å². The summed E-state index contributed by atoms with van der Waals surface area (Å²) in [4.78, 5) is 14.4. The zero-order valence-corrected chi connectivity index (χ0v) is 12.4. The minimum absolute atomic E-state index is 0.0718. The van der Waals surface area contributed by atoms with Crippen LogP contribution in [0.3, 0.4) is 0 Å². The van der Waals surface area contributed by atoms with Gasteiger partial charge in [-0.05, 0) is 28.8 Å². The van der Waals surface area contributed by atoms with E-state index in [2.05, 4.69) is 26.2 Å². The quantitative estimate of drug-likeness (QED) is 0.604. The highest BCUT2D eigenvalue weighted by atomic mass is 79.9. The van der Waals surface area contributed by atoms with Gasteiger partial charge in [-0.2, -0.15) is 0 Å². The Morgan fingerprint density at radius 3 is 3.00 bits per heavy atom. The lowest BCUT2D eigenvalue weighted by molar-refractivity contribution is -0.384. The molecule has 7 nitrogen and oxygen atoms in total. The van der Waals surface area contributed by atoms with Crippen LogP contribution >= 0.6 is 15.9 Å². The second kappa shape index (κ2) is 6.47. The molecule has 2 N–H and O–H groups in total. The van der Waals surface area contributed by atoms with E-state index in [9.17, 15) is 15.2 Å². The number of hydrogen-bond acceptors (Lipinski definition) is 6. The number of nitrogens with zero attached hydrogens (tertiary/aromatic N) is 2. The molecular weight excluding hydrogens is 330 g/mol. The van der Waals surface area contributed by atoms with Crippen molar-refractivity contribution in [3.8, 4) is 0 Å². The Labute approximate surface area is 124 Å². The highest BCUT2D eigenvalue weighted by Crippen LogP contribution is 2.36. The maximum absolute atomic E-state index is 11.0. The molecule has 110 valence electrons. The summed E-state index contributed by atoms with van der Waals surface area (Å²) in [6, 6.07) is 0. The van der Waals surface area contributed by atoms with Crippen molar-refractivity contribution < 1.29 is 14.8 Å². The third kappa shape index (κ3) is 3.25. The van der Waals surface area contributed by atoms with Gasteiger partial charge in [0.15, 0.2) is 0 Å². The topological polar surface area (TPSA) is 97.5 Å². The molecule has 0 aliphatic carbocycles. The summed E-state index contributed by atoms with van der Waals surface area (Å²) in [5, 5.41) is 23.3. The van der Waals surface area contributed by atoms with E-state index in [1.54, 1.807) is 0 Å². The van der Waals surface area contributed by atoms with Gasteiger partial charge in [0.05, 0.1) is 16.0 Å². The molecule has 1 aliphatic heterocycles. The first-order valence-corrected chi connectivity index (χ1v) is 7.08. The van der Waals surface area contributed by atoms with E-state index >= 15 is 0 Å². The minimum atomic E-state index is -0.468. The number of anilines is 1. The summed E-state index contributed by atoms with van der Waals surface area (Å²) >= 11 is 3.27. The average Bonchev–Trinajstić information content (AvgIpc) is 2.86. The smallest absolute Gasteiger partial charge is 0.311 e. The van der Waals surface area contributed by atoms with Crippen molar-refractivity contribution in [2.75, 3.05) is 31.7 Å². The molecule has 1 aromatic rings. The fourth-order valence-electron chi connectivity index (χ4n) is 2.33. The van der Waals surface area contributed by atoms with Crippen molar-refractivity contribution in [1.29, 1.82) is 0 Å². The summed E-state index contributed by atoms with van der Waals surface area (Å²) in [7, 11) is 0. The van der Waals surface area contributed by atoms with Gasteiger partial charge in [0, 0.05) is 31.4 Å². The summed E-state index contributed by atoms with van der Waals surface area (Å²) in [6.45, 7) is 1.79. The van der Waals surface area contributed by atoms with Crippen LogP contribution in [0.4, 0.5) is 11.4 Å². The minimum Gasteiger partial charge on any atom is -0.396 e. The second-order valence-electron chi connectivity index (χ2n) is 4.90. The first-order chi connectivity index (χ1) is 9.58. The van der Waals surface area contributed by atoms with Gasteiger partial charge in [0.1, 0.15) is 11.9 Å². The maximum Gasteiger partial charge on any atom is 0.311 e. The molecule has 0 bridgehead atoms. The lowest BCUT2D eigenvalue weighted by Crippen LogP contribution is -2.31. The number of aromatic nitrogens is 1. The molecule has 1 fully saturated rings. The van der Waals surface area contributed by atoms with Crippen LogP contribution in [0.15, 0.2) is 16.9 Å². The second-order valence-corrected chi connectivity index (χ2v) is 5.76. The predicted octanol–water partition coefficient (Wildman–Crippen LogP) is 1.95. The van der Waals surface area contributed by atoms with Crippen LogP contribution in [-0.4, -0.2) is 41.4 Å².